The molecule has 3 heterocycles. The molecule has 1 aliphatic heterocycles. The molecule has 4 rings (SSSR count). The van der Waals surface area contributed by atoms with Gasteiger partial charge in [-0.05, 0) is 23.6 Å². The summed E-state index contributed by atoms with van der Waals surface area (Å²) in [5.74, 6) is -1.94. The van der Waals surface area contributed by atoms with Gasteiger partial charge in [-0.3, -0.25) is 14.5 Å². The molecule has 0 radical (unpaired) electrons. The van der Waals surface area contributed by atoms with E-state index in [1.165, 1.54) is 6.07 Å². The van der Waals surface area contributed by atoms with Crippen molar-refractivity contribution in [2.75, 3.05) is 49.5 Å². The van der Waals surface area contributed by atoms with Crippen molar-refractivity contribution >= 4 is 44.9 Å². The van der Waals surface area contributed by atoms with Gasteiger partial charge in [0.05, 0.1) is 18.5 Å². The minimum atomic E-state index is -1.05. The highest BCUT2D eigenvalue weighted by atomic mass is 32.1. The Morgan fingerprint density at radius 1 is 1.03 bits per heavy atom. The number of fused-ring (bicyclic) bond motifs is 1. The highest BCUT2D eigenvalue weighted by molar-refractivity contribution is 7.16. The number of carbonyl (C=O) groups excluding carboxylic acids is 2. The minimum absolute atomic E-state index is 0.124. The third-order valence-corrected chi connectivity index (χ3v) is 5.75. The third-order valence-electron chi connectivity index (χ3n) is 4.93. The molecule has 2 aromatic heterocycles. The summed E-state index contributed by atoms with van der Waals surface area (Å²) in [7, 11) is 0. The molecule has 1 saturated heterocycles. The summed E-state index contributed by atoms with van der Waals surface area (Å²) in [5.41, 5.74) is 0.124. The molecule has 0 atom stereocenters. The fraction of sp³-hybridized carbons (Fsp3) is 0.300. The van der Waals surface area contributed by atoms with Crippen molar-refractivity contribution in [2.24, 2.45) is 0 Å². The molecular weight excluding hydrogens is 426 g/mol. The maximum absolute atomic E-state index is 13.2. The van der Waals surface area contributed by atoms with Gasteiger partial charge in [-0.2, -0.15) is 0 Å². The van der Waals surface area contributed by atoms with Crippen LogP contribution in [0, 0.1) is 11.6 Å². The van der Waals surface area contributed by atoms with Crippen LogP contribution in [0.1, 0.15) is 0 Å². The molecule has 3 aromatic rings. The summed E-state index contributed by atoms with van der Waals surface area (Å²) >= 11 is 1.57. The lowest BCUT2D eigenvalue weighted by Gasteiger charge is -2.35. The fourth-order valence-corrected chi connectivity index (χ4v) is 4.09. The molecule has 0 saturated carbocycles. The minimum Gasteiger partial charge on any atom is -0.353 e. The van der Waals surface area contributed by atoms with Crippen molar-refractivity contribution in [3.63, 3.8) is 0 Å². The number of nitrogens with zero attached hydrogens (tertiary/aromatic N) is 4. The van der Waals surface area contributed by atoms with E-state index in [1.807, 2.05) is 16.3 Å². The predicted molar refractivity (Wildman–Crippen MR) is 114 cm³/mol. The standard InChI is InChI=1S/C20H20F2N6O2S/c21-15-2-1-13(9-16(15)22)26-17(29)10-23-18(30)11-27-4-6-28(7-5-27)19-14-3-8-31-20(14)25-12-24-19/h1-3,8-9,12H,4-7,10-11H2,(H,23,30)(H,26,29). The highest BCUT2D eigenvalue weighted by Gasteiger charge is 2.21. The number of amides is 2. The predicted octanol–water partition coefficient (Wildman–Crippen LogP) is 1.85. The zero-order chi connectivity index (χ0) is 21.8. The van der Waals surface area contributed by atoms with Crippen LogP contribution in [-0.2, 0) is 9.59 Å². The number of rotatable bonds is 6. The Kier molecular flexibility index (Phi) is 6.33. The van der Waals surface area contributed by atoms with Gasteiger partial charge in [0.2, 0.25) is 11.8 Å². The van der Waals surface area contributed by atoms with Crippen LogP contribution >= 0.6 is 11.3 Å². The Balaban J connectivity index is 1.21. The maximum atomic E-state index is 13.2. The van der Waals surface area contributed by atoms with Crippen LogP contribution in [0.25, 0.3) is 10.2 Å². The Bertz CT molecular complexity index is 1100. The van der Waals surface area contributed by atoms with Gasteiger partial charge in [0.25, 0.3) is 0 Å². The molecule has 0 spiro atoms. The fourth-order valence-electron chi connectivity index (χ4n) is 3.36. The molecule has 0 aliphatic carbocycles. The van der Waals surface area contributed by atoms with Gasteiger partial charge in [0, 0.05) is 37.9 Å². The van der Waals surface area contributed by atoms with Crippen LogP contribution in [0.15, 0.2) is 36.0 Å². The Morgan fingerprint density at radius 3 is 2.61 bits per heavy atom. The first-order valence-electron chi connectivity index (χ1n) is 9.67. The lowest BCUT2D eigenvalue weighted by molar-refractivity contribution is -0.125. The van der Waals surface area contributed by atoms with Crippen molar-refractivity contribution in [3.05, 3.63) is 47.6 Å². The van der Waals surface area contributed by atoms with E-state index in [4.69, 9.17) is 0 Å². The number of anilines is 2. The topological polar surface area (TPSA) is 90.5 Å². The molecule has 0 unspecified atom stereocenters. The van der Waals surface area contributed by atoms with E-state index in [-0.39, 0.29) is 24.7 Å². The molecule has 2 amide bonds. The number of piperazine rings is 1. The molecule has 0 bridgehead atoms. The molecule has 1 aliphatic rings. The van der Waals surface area contributed by atoms with Crippen molar-refractivity contribution in [1.29, 1.82) is 0 Å². The number of benzene rings is 1. The van der Waals surface area contributed by atoms with Gasteiger partial charge in [0.1, 0.15) is 17.0 Å². The second-order valence-electron chi connectivity index (χ2n) is 7.05. The van der Waals surface area contributed by atoms with Gasteiger partial charge >= 0.3 is 0 Å². The first-order valence-corrected chi connectivity index (χ1v) is 10.5. The van der Waals surface area contributed by atoms with Crippen molar-refractivity contribution in [1.82, 2.24) is 20.2 Å². The van der Waals surface area contributed by atoms with Crippen molar-refractivity contribution in [3.8, 4) is 0 Å². The van der Waals surface area contributed by atoms with E-state index in [1.54, 1.807) is 17.7 Å². The largest absolute Gasteiger partial charge is 0.353 e. The first-order chi connectivity index (χ1) is 15.0. The van der Waals surface area contributed by atoms with Crippen molar-refractivity contribution < 1.29 is 18.4 Å². The number of hydrogen-bond donors (Lipinski definition) is 2. The average molecular weight is 446 g/mol. The summed E-state index contributed by atoms with van der Waals surface area (Å²) in [5, 5.41) is 7.99. The van der Waals surface area contributed by atoms with Gasteiger partial charge < -0.3 is 15.5 Å². The molecular formula is C20H20F2N6O2S. The van der Waals surface area contributed by atoms with Crippen molar-refractivity contribution in [2.45, 2.75) is 0 Å². The van der Waals surface area contributed by atoms with E-state index >= 15 is 0 Å². The number of aromatic nitrogens is 2. The zero-order valence-electron chi connectivity index (χ0n) is 16.5. The summed E-state index contributed by atoms with van der Waals surface area (Å²) in [6.45, 7) is 2.74. The van der Waals surface area contributed by atoms with E-state index in [0.29, 0.717) is 13.1 Å². The summed E-state index contributed by atoms with van der Waals surface area (Å²) in [4.78, 5) is 37.9. The lowest BCUT2D eigenvalue weighted by Crippen LogP contribution is -2.50. The molecule has 1 fully saturated rings. The summed E-state index contributed by atoms with van der Waals surface area (Å²) in [6, 6.07) is 5.07. The second kappa shape index (κ2) is 9.31. The number of thiophene rings is 1. The number of halogens is 2. The Labute approximate surface area is 180 Å². The van der Waals surface area contributed by atoms with Crippen LogP contribution in [0.3, 0.4) is 0 Å². The molecule has 11 heteroatoms. The highest BCUT2D eigenvalue weighted by Crippen LogP contribution is 2.27. The third kappa shape index (κ3) is 5.12. The molecule has 162 valence electrons. The summed E-state index contributed by atoms with van der Waals surface area (Å²) in [6.07, 6.45) is 1.57. The number of hydrogen-bond acceptors (Lipinski definition) is 7. The molecule has 31 heavy (non-hydrogen) atoms. The zero-order valence-corrected chi connectivity index (χ0v) is 17.3. The van der Waals surface area contributed by atoms with Gasteiger partial charge in [-0.1, -0.05) is 0 Å². The Hall–Kier alpha value is -3.18. The van der Waals surface area contributed by atoms with Crippen LogP contribution in [0.2, 0.25) is 0 Å². The lowest BCUT2D eigenvalue weighted by atomic mass is 10.2. The monoisotopic (exact) mass is 446 g/mol. The van der Waals surface area contributed by atoms with Crippen LogP contribution in [-0.4, -0.2) is 66.0 Å². The molecule has 2 N–H and O–H groups in total. The Morgan fingerprint density at radius 2 is 1.84 bits per heavy atom. The van der Waals surface area contributed by atoms with E-state index in [2.05, 4.69) is 25.5 Å². The smallest absolute Gasteiger partial charge is 0.243 e. The van der Waals surface area contributed by atoms with E-state index < -0.39 is 17.5 Å². The quantitative estimate of drug-likeness (QED) is 0.601. The van der Waals surface area contributed by atoms with Crippen LogP contribution < -0.4 is 15.5 Å². The van der Waals surface area contributed by atoms with Crippen LogP contribution in [0.5, 0.6) is 0 Å². The average Bonchev–Trinajstić information content (AvgIpc) is 3.25. The second-order valence-corrected chi connectivity index (χ2v) is 7.95. The number of carbonyl (C=O) groups is 2. The normalized spacial score (nSPS) is 14.6. The summed E-state index contributed by atoms with van der Waals surface area (Å²) < 4.78 is 26.1. The van der Waals surface area contributed by atoms with E-state index in [9.17, 15) is 18.4 Å². The first kappa shape index (κ1) is 21.1. The van der Waals surface area contributed by atoms with Gasteiger partial charge in [0.15, 0.2) is 11.6 Å². The molecule has 1 aromatic carbocycles. The molecule has 8 nitrogen and oxygen atoms in total. The van der Waals surface area contributed by atoms with Gasteiger partial charge in [-0.15, -0.1) is 11.3 Å². The van der Waals surface area contributed by atoms with E-state index in [0.717, 1.165) is 41.3 Å². The van der Waals surface area contributed by atoms with Crippen LogP contribution in [0.4, 0.5) is 20.3 Å². The maximum Gasteiger partial charge on any atom is 0.243 e. The van der Waals surface area contributed by atoms with Gasteiger partial charge in [-0.25, -0.2) is 18.7 Å². The SMILES string of the molecule is O=C(CN1CCN(c2ncnc3sccc23)CC1)NCC(=O)Nc1ccc(F)c(F)c1. The number of nitrogens with one attached hydrogen (secondary N) is 2.